The summed E-state index contributed by atoms with van der Waals surface area (Å²) in [6, 6.07) is -4.85. The Hall–Kier alpha value is -2.77. The molecular weight excluding hydrogens is 412 g/mol. The van der Waals surface area contributed by atoms with Crippen LogP contribution in [0.4, 0.5) is 0 Å². The van der Waals surface area contributed by atoms with Gasteiger partial charge in [-0.3, -0.25) is 19.2 Å². The van der Waals surface area contributed by atoms with Crippen LogP contribution in [-0.4, -0.2) is 76.6 Å². The normalized spacial score (nSPS) is 15.6. The molecule has 0 aromatic carbocycles. The molecule has 0 rings (SSSR count). The summed E-state index contributed by atoms with van der Waals surface area (Å²) >= 11 is 0. The van der Waals surface area contributed by atoms with Crippen LogP contribution in [0.1, 0.15) is 46.0 Å². The third kappa shape index (κ3) is 11.3. The molecule has 0 aromatic heterocycles. The number of rotatable bonds is 15. The molecule has 0 spiro atoms. The van der Waals surface area contributed by atoms with Crippen molar-refractivity contribution < 1.29 is 34.2 Å². The van der Waals surface area contributed by atoms with Crippen LogP contribution in [0.5, 0.6) is 0 Å². The molecule has 0 aromatic rings. The zero-order valence-electron chi connectivity index (χ0n) is 17.8. The SMILES string of the molecule is CC(NC(=O)C(NC(=O)C(N)CCCCN)C(C)O)C(=O)NC(CCC(N)=O)C(=O)O. The summed E-state index contributed by atoms with van der Waals surface area (Å²) in [5, 5.41) is 25.8. The number of primary amides is 1. The van der Waals surface area contributed by atoms with Crippen molar-refractivity contribution in [3.8, 4) is 0 Å². The second-order valence-corrected chi connectivity index (χ2v) is 7.25. The molecule has 11 N–H and O–H groups in total. The first kappa shape index (κ1) is 28.2. The Kier molecular flexibility index (Phi) is 13.0. The molecule has 0 aliphatic heterocycles. The lowest BCUT2D eigenvalue weighted by Gasteiger charge is -2.25. The van der Waals surface area contributed by atoms with Crippen LogP contribution in [0.15, 0.2) is 0 Å². The van der Waals surface area contributed by atoms with Gasteiger partial charge in [-0.2, -0.15) is 0 Å². The summed E-state index contributed by atoms with van der Waals surface area (Å²) in [7, 11) is 0. The molecule has 178 valence electrons. The fourth-order valence-corrected chi connectivity index (χ4v) is 2.51. The van der Waals surface area contributed by atoms with E-state index in [1.54, 1.807) is 0 Å². The van der Waals surface area contributed by atoms with Crippen molar-refractivity contribution in [2.24, 2.45) is 17.2 Å². The third-order valence-corrected chi connectivity index (χ3v) is 4.41. The highest BCUT2D eigenvalue weighted by molar-refractivity contribution is 5.94. The molecule has 0 saturated carbocycles. The summed E-state index contributed by atoms with van der Waals surface area (Å²) in [6.45, 7) is 3.03. The smallest absolute Gasteiger partial charge is 0.326 e. The molecule has 0 heterocycles. The van der Waals surface area contributed by atoms with E-state index in [2.05, 4.69) is 16.0 Å². The van der Waals surface area contributed by atoms with E-state index in [9.17, 15) is 29.1 Å². The molecule has 5 unspecified atom stereocenters. The van der Waals surface area contributed by atoms with Gasteiger partial charge in [0, 0.05) is 6.42 Å². The molecule has 4 amide bonds. The number of carboxylic acid groups (broad SMARTS) is 1. The standard InChI is InChI=1S/C18H34N6O7/c1-9(15(27)23-12(18(30)31)6-7-13(21)26)22-17(29)14(10(2)25)24-16(28)11(20)5-3-4-8-19/h9-12,14,25H,3-8,19-20H2,1-2H3,(H2,21,26)(H,22,29)(H,23,27)(H,24,28)(H,30,31). The highest BCUT2D eigenvalue weighted by atomic mass is 16.4. The number of aliphatic hydroxyl groups is 1. The van der Waals surface area contributed by atoms with E-state index in [-0.39, 0.29) is 12.8 Å². The number of nitrogens with one attached hydrogen (secondary N) is 3. The van der Waals surface area contributed by atoms with Gasteiger partial charge < -0.3 is 43.4 Å². The van der Waals surface area contributed by atoms with Gasteiger partial charge in [-0.25, -0.2) is 4.79 Å². The molecule has 0 aliphatic rings. The van der Waals surface area contributed by atoms with Gasteiger partial charge in [0.05, 0.1) is 12.1 Å². The zero-order chi connectivity index (χ0) is 24.1. The average Bonchev–Trinajstić information content (AvgIpc) is 2.67. The Labute approximate surface area is 180 Å². The van der Waals surface area contributed by atoms with Crippen molar-refractivity contribution in [1.82, 2.24) is 16.0 Å². The van der Waals surface area contributed by atoms with E-state index in [0.717, 1.165) is 0 Å². The molecule has 0 bridgehead atoms. The Morgan fingerprint density at radius 2 is 1.52 bits per heavy atom. The number of nitrogens with two attached hydrogens (primary N) is 3. The van der Waals surface area contributed by atoms with E-state index in [0.29, 0.717) is 25.8 Å². The molecule has 0 saturated heterocycles. The van der Waals surface area contributed by atoms with Crippen LogP contribution >= 0.6 is 0 Å². The summed E-state index contributed by atoms with van der Waals surface area (Å²) in [4.78, 5) is 58.9. The van der Waals surface area contributed by atoms with Crippen molar-refractivity contribution in [3.05, 3.63) is 0 Å². The predicted molar refractivity (Wildman–Crippen MR) is 110 cm³/mol. The lowest BCUT2D eigenvalue weighted by Crippen LogP contribution is -2.59. The first-order valence-electron chi connectivity index (χ1n) is 9.96. The number of carbonyl (C=O) groups excluding carboxylic acids is 4. The lowest BCUT2D eigenvalue weighted by molar-refractivity contribution is -0.142. The minimum Gasteiger partial charge on any atom is -0.480 e. The van der Waals surface area contributed by atoms with E-state index in [1.807, 2.05) is 0 Å². The molecule has 5 atom stereocenters. The topological polar surface area (TPSA) is 240 Å². The van der Waals surface area contributed by atoms with Crippen molar-refractivity contribution in [2.75, 3.05) is 6.54 Å². The fraction of sp³-hybridized carbons (Fsp3) is 0.722. The summed E-state index contributed by atoms with van der Waals surface area (Å²) < 4.78 is 0. The van der Waals surface area contributed by atoms with Crippen LogP contribution in [0.2, 0.25) is 0 Å². The first-order chi connectivity index (χ1) is 14.4. The summed E-state index contributed by atoms with van der Waals surface area (Å²) in [5.41, 5.74) is 16.1. The number of hydrogen-bond donors (Lipinski definition) is 8. The highest BCUT2D eigenvalue weighted by Crippen LogP contribution is 2.02. The van der Waals surface area contributed by atoms with Gasteiger partial charge in [-0.05, 0) is 39.7 Å². The maximum atomic E-state index is 12.5. The first-order valence-corrected chi connectivity index (χ1v) is 9.96. The zero-order valence-corrected chi connectivity index (χ0v) is 17.8. The number of carboxylic acids is 1. The van der Waals surface area contributed by atoms with E-state index in [4.69, 9.17) is 22.3 Å². The fourth-order valence-electron chi connectivity index (χ4n) is 2.51. The van der Waals surface area contributed by atoms with Crippen LogP contribution < -0.4 is 33.2 Å². The molecule has 0 radical (unpaired) electrons. The van der Waals surface area contributed by atoms with E-state index < -0.39 is 59.9 Å². The van der Waals surface area contributed by atoms with Crippen LogP contribution in [0.3, 0.4) is 0 Å². The van der Waals surface area contributed by atoms with Crippen LogP contribution in [0.25, 0.3) is 0 Å². The van der Waals surface area contributed by atoms with Crippen LogP contribution in [0, 0.1) is 0 Å². The van der Waals surface area contributed by atoms with Crippen molar-refractivity contribution in [3.63, 3.8) is 0 Å². The number of unbranched alkanes of at least 4 members (excludes halogenated alkanes) is 1. The second-order valence-electron chi connectivity index (χ2n) is 7.25. The Morgan fingerprint density at radius 3 is 2.00 bits per heavy atom. The Balaban J connectivity index is 4.91. The molecule has 13 heteroatoms. The van der Waals surface area contributed by atoms with Gasteiger partial charge in [0.2, 0.25) is 23.6 Å². The maximum absolute atomic E-state index is 12.5. The predicted octanol–water partition coefficient (Wildman–Crippen LogP) is -3.35. The number of amides is 4. The van der Waals surface area contributed by atoms with Crippen molar-refractivity contribution in [1.29, 1.82) is 0 Å². The molecule has 13 nitrogen and oxygen atoms in total. The van der Waals surface area contributed by atoms with Gasteiger partial charge in [-0.15, -0.1) is 0 Å². The van der Waals surface area contributed by atoms with Crippen molar-refractivity contribution >= 4 is 29.6 Å². The van der Waals surface area contributed by atoms with Gasteiger partial charge in [0.1, 0.15) is 18.1 Å². The van der Waals surface area contributed by atoms with E-state index >= 15 is 0 Å². The Morgan fingerprint density at radius 1 is 0.903 bits per heavy atom. The lowest BCUT2D eigenvalue weighted by atomic mass is 10.1. The maximum Gasteiger partial charge on any atom is 0.326 e. The van der Waals surface area contributed by atoms with Gasteiger partial charge in [0.15, 0.2) is 0 Å². The number of hydrogen-bond acceptors (Lipinski definition) is 8. The Bertz CT molecular complexity index is 643. The van der Waals surface area contributed by atoms with Crippen LogP contribution in [-0.2, 0) is 24.0 Å². The summed E-state index contributed by atoms with van der Waals surface area (Å²) in [6.07, 6.45) is -0.111. The minimum atomic E-state index is -1.38. The van der Waals surface area contributed by atoms with Gasteiger partial charge >= 0.3 is 5.97 Å². The molecule has 31 heavy (non-hydrogen) atoms. The highest BCUT2D eigenvalue weighted by Gasteiger charge is 2.30. The van der Waals surface area contributed by atoms with Crippen molar-refractivity contribution in [2.45, 2.75) is 76.2 Å². The quantitative estimate of drug-likeness (QED) is 0.117. The van der Waals surface area contributed by atoms with E-state index in [1.165, 1.54) is 13.8 Å². The van der Waals surface area contributed by atoms with Gasteiger partial charge in [-0.1, -0.05) is 6.42 Å². The monoisotopic (exact) mass is 446 g/mol. The van der Waals surface area contributed by atoms with Gasteiger partial charge in [0.25, 0.3) is 0 Å². The number of aliphatic hydroxyl groups excluding tert-OH is 1. The average molecular weight is 447 g/mol. The molecule has 0 fully saturated rings. The number of carbonyl (C=O) groups is 5. The minimum absolute atomic E-state index is 0.217. The molecular formula is C18H34N6O7. The third-order valence-electron chi connectivity index (χ3n) is 4.41. The second kappa shape index (κ2) is 14.3. The molecule has 0 aliphatic carbocycles. The summed E-state index contributed by atoms with van der Waals surface area (Å²) in [5.74, 6) is -4.43. The number of aliphatic carboxylic acids is 1. The largest absolute Gasteiger partial charge is 0.480 e.